The Morgan fingerprint density at radius 3 is 2.89 bits per heavy atom. The maximum Gasteiger partial charge on any atom is 0.272 e. The number of rotatable bonds is 10. The van der Waals surface area contributed by atoms with E-state index >= 15 is 0 Å². The van der Waals surface area contributed by atoms with E-state index in [9.17, 15) is 9.59 Å². The molecule has 28 heavy (non-hydrogen) atoms. The zero-order valence-corrected chi connectivity index (χ0v) is 17.4. The fraction of sp³-hybridized carbons (Fsp3) is 0.350. The number of hydrogen-bond acceptors (Lipinski definition) is 6. The molecule has 0 fully saturated rings. The van der Waals surface area contributed by atoms with Crippen molar-refractivity contribution in [3.8, 4) is 0 Å². The molecule has 2 heterocycles. The van der Waals surface area contributed by atoms with Crippen LogP contribution in [0.3, 0.4) is 0 Å². The molecule has 148 valence electrons. The molecule has 0 saturated carbocycles. The second-order valence-electron chi connectivity index (χ2n) is 6.21. The number of carbonyl (C=O) groups excluding carboxylic acids is 1. The number of amides is 1. The molecular formula is C20H23N3O3S2. The summed E-state index contributed by atoms with van der Waals surface area (Å²) in [5.74, 6) is 0.163. The van der Waals surface area contributed by atoms with Gasteiger partial charge in [0.25, 0.3) is 5.56 Å². The normalized spacial score (nSPS) is 11.0. The monoisotopic (exact) mass is 417 g/mol. The highest BCUT2D eigenvalue weighted by atomic mass is 32.2. The molecule has 3 aromatic rings. The third-order valence-corrected chi connectivity index (χ3v) is 6.06. The molecule has 0 radical (unpaired) electrons. The summed E-state index contributed by atoms with van der Waals surface area (Å²) in [5.41, 5.74) is 1.86. The summed E-state index contributed by atoms with van der Waals surface area (Å²) < 4.78 is 7.33. The van der Waals surface area contributed by atoms with E-state index in [1.807, 2.05) is 29.6 Å². The second kappa shape index (κ2) is 10.4. The smallest absolute Gasteiger partial charge is 0.272 e. The van der Waals surface area contributed by atoms with Crippen LogP contribution in [0.5, 0.6) is 0 Å². The molecule has 0 aliphatic heterocycles. The summed E-state index contributed by atoms with van der Waals surface area (Å²) in [4.78, 5) is 29.4. The van der Waals surface area contributed by atoms with Gasteiger partial charge in [0.05, 0.1) is 24.4 Å². The van der Waals surface area contributed by atoms with Crippen molar-refractivity contribution in [3.05, 3.63) is 57.7 Å². The van der Waals surface area contributed by atoms with Crippen LogP contribution in [0.2, 0.25) is 0 Å². The zero-order chi connectivity index (χ0) is 19.8. The van der Waals surface area contributed by atoms with Gasteiger partial charge in [0.2, 0.25) is 5.91 Å². The molecule has 0 aliphatic rings. The number of benzene rings is 1. The minimum Gasteiger partial charge on any atom is -0.383 e. The van der Waals surface area contributed by atoms with Gasteiger partial charge in [-0.2, -0.15) is 0 Å². The Morgan fingerprint density at radius 1 is 1.29 bits per heavy atom. The Kier molecular flexibility index (Phi) is 7.64. The van der Waals surface area contributed by atoms with Gasteiger partial charge in [-0.1, -0.05) is 42.1 Å². The van der Waals surface area contributed by atoms with Gasteiger partial charge in [0.15, 0.2) is 5.16 Å². The van der Waals surface area contributed by atoms with Crippen LogP contribution in [0.15, 0.2) is 51.7 Å². The fourth-order valence-electron chi connectivity index (χ4n) is 2.76. The molecule has 0 atom stereocenters. The molecule has 2 aromatic heterocycles. The molecule has 1 aromatic carbocycles. The van der Waals surface area contributed by atoms with Gasteiger partial charge in [-0.3, -0.25) is 14.2 Å². The number of aryl methyl sites for hydroxylation is 1. The number of thiophene rings is 1. The van der Waals surface area contributed by atoms with Crippen molar-refractivity contribution >= 4 is 39.2 Å². The molecule has 0 saturated heterocycles. The molecule has 0 bridgehead atoms. The lowest BCUT2D eigenvalue weighted by atomic mass is 10.1. The summed E-state index contributed by atoms with van der Waals surface area (Å²) in [5, 5.41) is 5.34. The SMILES string of the molecule is COCCn1c(SCC(=O)NCCCc2ccccc2)nc2ccsc2c1=O. The quantitative estimate of drug-likeness (QED) is 0.312. The summed E-state index contributed by atoms with van der Waals surface area (Å²) >= 11 is 2.66. The first-order chi connectivity index (χ1) is 13.7. The van der Waals surface area contributed by atoms with Crippen molar-refractivity contribution in [1.82, 2.24) is 14.9 Å². The van der Waals surface area contributed by atoms with E-state index in [-0.39, 0.29) is 17.2 Å². The van der Waals surface area contributed by atoms with Crippen LogP contribution < -0.4 is 10.9 Å². The van der Waals surface area contributed by atoms with Gasteiger partial charge in [-0.25, -0.2) is 4.98 Å². The van der Waals surface area contributed by atoms with Gasteiger partial charge in [-0.05, 0) is 29.9 Å². The number of nitrogens with zero attached hydrogens (tertiary/aromatic N) is 2. The average Bonchev–Trinajstić information content (AvgIpc) is 3.19. The molecule has 0 aliphatic carbocycles. The number of methoxy groups -OCH3 is 1. The molecule has 3 rings (SSSR count). The Bertz CT molecular complexity index is 970. The number of carbonyl (C=O) groups is 1. The lowest BCUT2D eigenvalue weighted by Gasteiger charge is -2.11. The van der Waals surface area contributed by atoms with Gasteiger partial charge in [0.1, 0.15) is 4.70 Å². The number of ether oxygens (including phenoxy) is 1. The molecule has 8 heteroatoms. The van der Waals surface area contributed by atoms with Crippen LogP contribution in [-0.2, 0) is 22.5 Å². The van der Waals surface area contributed by atoms with Crippen molar-refractivity contribution in [1.29, 1.82) is 0 Å². The standard InChI is InChI=1S/C20H23N3O3S2/c1-26-12-11-23-19(25)18-16(9-13-27-18)22-20(23)28-14-17(24)21-10-5-8-15-6-3-2-4-7-15/h2-4,6-7,9,13H,5,8,10-12,14H2,1H3,(H,21,24). The van der Waals surface area contributed by atoms with Crippen molar-refractivity contribution in [2.45, 2.75) is 24.5 Å². The Hall–Kier alpha value is -2.16. The number of fused-ring (bicyclic) bond motifs is 1. The number of hydrogen-bond donors (Lipinski definition) is 1. The van der Waals surface area contributed by atoms with Gasteiger partial charge >= 0.3 is 0 Å². The average molecular weight is 418 g/mol. The van der Waals surface area contributed by atoms with E-state index in [1.165, 1.54) is 28.7 Å². The lowest BCUT2D eigenvalue weighted by Crippen LogP contribution is -2.28. The Balaban J connectivity index is 1.55. The van der Waals surface area contributed by atoms with Crippen LogP contribution in [0, 0.1) is 0 Å². The van der Waals surface area contributed by atoms with E-state index in [2.05, 4.69) is 22.4 Å². The fourth-order valence-corrected chi connectivity index (χ4v) is 4.39. The minimum atomic E-state index is -0.0807. The first kappa shape index (κ1) is 20.6. The highest BCUT2D eigenvalue weighted by Crippen LogP contribution is 2.20. The van der Waals surface area contributed by atoms with E-state index in [0.29, 0.717) is 35.1 Å². The van der Waals surface area contributed by atoms with Gasteiger partial charge in [0, 0.05) is 13.7 Å². The molecule has 6 nitrogen and oxygen atoms in total. The van der Waals surface area contributed by atoms with Crippen LogP contribution in [-0.4, -0.2) is 41.5 Å². The van der Waals surface area contributed by atoms with Crippen LogP contribution in [0.4, 0.5) is 0 Å². The third kappa shape index (κ3) is 5.43. The van der Waals surface area contributed by atoms with Crippen molar-refractivity contribution in [2.75, 3.05) is 26.0 Å². The summed E-state index contributed by atoms with van der Waals surface area (Å²) in [6, 6.07) is 12.0. The third-order valence-electron chi connectivity index (χ3n) is 4.19. The van der Waals surface area contributed by atoms with Crippen molar-refractivity contribution in [3.63, 3.8) is 0 Å². The second-order valence-corrected chi connectivity index (χ2v) is 8.07. The largest absolute Gasteiger partial charge is 0.383 e. The molecule has 0 unspecified atom stereocenters. The van der Waals surface area contributed by atoms with Gasteiger partial charge < -0.3 is 10.1 Å². The van der Waals surface area contributed by atoms with Gasteiger partial charge in [-0.15, -0.1) is 11.3 Å². The summed E-state index contributed by atoms with van der Waals surface area (Å²) in [6.07, 6.45) is 1.82. The zero-order valence-electron chi connectivity index (χ0n) is 15.7. The molecule has 1 N–H and O–H groups in total. The van der Waals surface area contributed by atoms with E-state index in [1.54, 1.807) is 11.7 Å². The topological polar surface area (TPSA) is 73.2 Å². The predicted molar refractivity (Wildman–Crippen MR) is 114 cm³/mol. The highest BCUT2D eigenvalue weighted by molar-refractivity contribution is 7.99. The molecule has 0 spiro atoms. The van der Waals surface area contributed by atoms with Crippen molar-refractivity contribution < 1.29 is 9.53 Å². The van der Waals surface area contributed by atoms with Crippen molar-refractivity contribution in [2.24, 2.45) is 0 Å². The summed E-state index contributed by atoms with van der Waals surface area (Å²) in [6.45, 7) is 1.46. The van der Waals surface area contributed by atoms with E-state index < -0.39 is 0 Å². The van der Waals surface area contributed by atoms with Crippen LogP contribution in [0.25, 0.3) is 10.2 Å². The number of thioether (sulfide) groups is 1. The molecule has 1 amide bonds. The minimum absolute atomic E-state index is 0.0592. The number of aromatic nitrogens is 2. The van der Waals surface area contributed by atoms with E-state index in [0.717, 1.165) is 12.8 Å². The summed E-state index contributed by atoms with van der Waals surface area (Å²) in [7, 11) is 1.60. The Labute approximate surface area is 171 Å². The lowest BCUT2D eigenvalue weighted by molar-refractivity contribution is -0.118. The van der Waals surface area contributed by atoms with E-state index in [4.69, 9.17) is 4.74 Å². The first-order valence-corrected chi connectivity index (χ1v) is 11.0. The van der Waals surface area contributed by atoms with Crippen LogP contribution in [0.1, 0.15) is 12.0 Å². The highest BCUT2D eigenvalue weighted by Gasteiger charge is 2.14. The van der Waals surface area contributed by atoms with Crippen LogP contribution >= 0.6 is 23.1 Å². The predicted octanol–water partition coefficient (Wildman–Crippen LogP) is 2.95. The maximum absolute atomic E-state index is 12.7. The maximum atomic E-state index is 12.7. The first-order valence-electron chi connectivity index (χ1n) is 9.09. The Morgan fingerprint density at radius 2 is 2.11 bits per heavy atom. The molecular weight excluding hydrogens is 394 g/mol. The number of nitrogens with one attached hydrogen (secondary N) is 1.